The molecule has 0 amide bonds. The molecular formula is C14H20O2. The minimum atomic E-state index is 0.258. The predicted molar refractivity (Wildman–Crippen MR) is 65.5 cm³/mol. The maximum Gasteiger partial charge on any atom is 0.130 e. The van der Waals surface area contributed by atoms with E-state index in [1.54, 1.807) is 6.92 Å². The molecule has 16 heavy (non-hydrogen) atoms. The van der Waals surface area contributed by atoms with E-state index >= 15 is 0 Å². The second-order valence-electron chi connectivity index (χ2n) is 4.01. The summed E-state index contributed by atoms with van der Waals surface area (Å²) in [6.45, 7) is 3.63. The van der Waals surface area contributed by atoms with Crippen LogP contribution in [0.3, 0.4) is 0 Å². The van der Waals surface area contributed by atoms with Gasteiger partial charge in [-0.3, -0.25) is 0 Å². The van der Waals surface area contributed by atoms with Crippen molar-refractivity contribution in [2.45, 2.75) is 32.6 Å². The SMILES string of the molecule is C1CCOC1.CC(=O)CCc1ccccc1. The van der Waals surface area contributed by atoms with Crippen molar-refractivity contribution in [3.05, 3.63) is 35.9 Å². The standard InChI is InChI=1S/C10H12O.C4H8O/c1-9(11)7-8-10-5-3-2-4-6-10;1-2-4-5-3-1/h2-6H,7-8H2,1H3;1-4H2. The summed E-state index contributed by atoms with van der Waals surface area (Å²) in [7, 11) is 0. The van der Waals surface area contributed by atoms with Crippen molar-refractivity contribution in [2.75, 3.05) is 13.2 Å². The Morgan fingerprint density at radius 2 is 1.81 bits per heavy atom. The van der Waals surface area contributed by atoms with Crippen molar-refractivity contribution in [3.63, 3.8) is 0 Å². The van der Waals surface area contributed by atoms with E-state index in [1.807, 2.05) is 30.3 Å². The summed E-state index contributed by atoms with van der Waals surface area (Å²) in [4.78, 5) is 10.6. The van der Waals surface area contributed by atoms with Crippen LogP contribution in [0, 0.1) is 0 Å². The van der Waals surface area contributed by atoms with E-state index in [4.69, 9.17) is 4.74 Å². The van der Waals surface area contributed by atoms with Crippen LogP contribution >= 0.6 is 0 Å². The number of ketones is 1. The highest BCUT2D eigenvalue weighted by atomic mass is 16.5. The fraction of sp³-hybridized carbons (Fsp3) is 0.500. The summed E-state index contributed by atoms with van der Waals surface area (Å²) in [6, 6.07) is 10.1. The van der Waals surface area contributed by atoms with Gasteiger partial charge < -0.3 is 9.53 Å². The van der Waals surface area contributed by atoms with Gasteiger partial charge in [0.25, 0.3) is 0 Å². The lowest BCUT2D eigenvalue weighted by Crippen LogP contribution is -1.92. The summed E-state index contributed by atoms with van der Waals surface area (Å²) >= 11 is 0. The maximum absolute atomic E-state index is 10.6. The van der Waals surface area contributed by atoms with E-state index in [9.17, 15) is 4.79 Å². The molecule has 1 saturated heterocycles. The molecular weight excluding hydrogens is 200 g/mol. The molecule has 2 heteroatoms. The van der Waals surface area contributed by atoms with Crippen molar-refractivity contribution in [1.82, 2.24) is 0 Å². The van der Waals surface area contributed by atoms with Gasteiger partial charge in [0.15, 0.2) is 0 Å². The first-order valence-electron chi connectivity index (χ1n) is 5.90. The van der Waals surface area contributed by atoms with Gasteiger partial charge in [-0.25, -0.2) is 0 Å². The molecule has 2 nitrogen and oxygen atoms in total. The van der Waals surface area contributed by atoms with Crippen LogP contribution in [-0.2, 0) is 16.0 Å². The molecule has 0 radical (unpaired) electrons. The summed E-state index contributed by atoms with van der Waals surface area (Å²) in [5, 5.41) is 0. The van der Waals surface area contributed by atoms with Gasteiger partial charge in [-0.1, -0.05) is 30.3 Å². The second kappa shape index (κ2) is 8.05. The fourth-order valence-electron chi connectivity index (χ4n) is 1.48. The van der Waals surface area contributed by atoms with E-state index in [2.05, 4.69) is 0 Å². The van der Waals surface area contributed by atoms with Crippen molar-refractivity contribution in [1.29, 1.82) is 0 Å². The van der Waals surface area contributed by atoms with Gasteiger partial charge in [0, 0.05) is 19.6 Å². The highest BCUT2D eigenvalue weighted by Gasteiger charge is 1.95. The van der Waals surface area contributed by atoms with E-state index in [-0.39, 0.29) is 5.78 Å². The van der Waals surface area contributed by atoms with Crippen LogP contribution in [0.2, 0.25) is 0 Å². The number of benzene rings is 1. The van der Waals surface area contributed by atoms with Gasteiger partial charge in [0.05, 0.1) is 0 Å². The number of Topliss-reactive ketones (excluding diaryl/α,β-unsaturated/α-hetero) is 1. The Morgan fingerprint density at radius 3 is 2.25 bits per heavy atom. The zero-order chi connectivity index (χ0) is 11.6. The van der Waals surface area contributed by atoms with Crippen LogP contribution in [0.4, 0.5) is 0 Å². The van der Waals surface area contributed by atoms with Gasteiger partial charge >= 0.3 is 0 Å². The zero-order valence-corrected chi connectivity index (χ0v) is 9.95. The van der Waals surface area contributed by atoms with Crippen LogP contribution in [0.5, 0.6) is 0 Å². The number of hydrogen-bond donors (Lipinski definition) is 0. The summed E-state index contributed by atoms with van der Waals surface area (Å²) in [5.41, 5.74) is 1.24. The highest BCUT2D eigenvalue weighted by molar-refractivity contribution is 5.75. The molecule has 1 fully saturated rings. The minimum Gasteiger partial charge on any atom is -0.381 e. The molecule has 1 aliphatic heterocycles. The fourth-order valence-corrected chi connectivity index (χ4v) is 1.48. The molecule has 1 aromatic carbocycles. The van der Waals surface area contributed by atoms with Gasteiger partial charge in [0.1, 0.15) is 5.78 Å². The van der Waals surface area contributed by atoms with Gasteiger partial charge in [-0.05, 0) is 31.7 Å². The number of aryl methyl sites for hydroxylation is 1. The van der Waals surface area contributed by atoms with Crippen molar-refractivity contribution >= 4 is 5.78 Å². The first kappa shape index (κ1) is 12.9. The van der Waals surface area contributed by atoms with Gasteiger partial charge in [-0.2, -0.15) is 0 Å². The Morgan fingerprint density at radius 1 is 1.19 bits per heavy atom. The molecule has 0 bridgehead atoms. The predicted octanol–water partition coefficient (Wildman–Crippen LogP) is 3.01. The molecule has 1 aromatic rings. The number of hydrogen-bond acceptors (Lipinski definition) is 2. The number of carbonyl (C=O) groups excluding carboxylic acids is 1. The third-order valence-electron chi connectivity index (χ3n) is 2.44. The average molecular weight is 220 g/mol. The Bertz CT molecular complexity index is 281. The molecule has 0 unspecified atom stereocenters. The van der Waals surface area contributed by atoms with Crippen molar-refractivity contribution in [3.8, 4) is 0 Å². The Hall–Kier alpha value is -1.15. The summed E-state index contributed by atoms with van der Waals surface area (Å²) in [5.74, 6) is 0.258. The highest BCUT2D eigenvalue weighted by Crippen LogP contribution is 2.02. The topological polar surface area (TPSA) is 26.3 Å². The van der Waals surface area contributed by atoms with Crippen LogP contribution in [0.1, 0.15) is 31.7 Å². The van der Waals surface area contributed by atoms with Crippen LogP contribution in [-0.4, -0.2) is 19.0 Å². The largest absolute Gasteiger partial charge is 0.381 e. The van der Waals surface area contributed by atoms with E-state index in [0.29, 0.717) is 6.42 Å². The average Bonchev–Trinajstić information content (AvgIpc) is 2.86. The minimum absolute atomic E-state index is 0.258. The molecule has 0 N–H and O–H groups in total. The maximum atomic E-state index is 10.6. The van der Waals surface area contributed by atoms with Crippen LogP contribution < -0.4 is 0 Å². The molecule has 2 rings (SSSR count). The third-order valence-corrected chi connectivity index (χ3v) is 2.44. The van der Waals surface area contributed by atoms with E-state index < -0.39 is 0 Å². The van der Waals surface area contributed by atoms with Crippen molar-refractivity contribution in [2.24, 2.45) is 0 Å². The summed E-state index contributed by atoms with van der Waals surface area (Å²) < 4.78 is 4.94. The molecule has 0 atom stereocenters. The first-order chi connectivity index (χ1) is 7.79. The Balaban J connectivity index is 0.000000212. The molecule has 88 valence electrons. The number of rotatable bonds is 3. The van der Waals surface area contributed by atoms with Gasteiger partial charge in [0.2, 0.25) is 0 Å². The quantitative estimate of drug-likeness (QED) is 0.782. The number of ether oxygens (including phenoxy) is 1. The molecule has 1 heterocycles. The normalized spacial score (nSPS) is 14.1. The smallest absolute Gasteiger partial charge is 0.130 e. The number of carbonyl (C=O) groups is 1. The second-order valence-corrected chi connectivity index (χ2v) is 4.01. The van der Waals surface area contributed by atoms with E-state index in [1.165, 1.54) is 18.4 Å². The lowest BCUT2D eigenvalue weighted by Gasteiger charge is -1.96. The Kier molecular flexibility index (Phi) is 6.50. The zero-order valence-electron chi connectivity index (χ0n) is 9.95. The molecule has 0 spiro atoms. The lowest BCUT2D eigenvalue weighted by atomic mass is 10.1. The van der Waals surface area contributed by atoms with E-state index in [0.717, 1.165) is 19.6 Å². The lowest BCUT2D eigenvalue weighted by molar-refractivity contribution is -0.116. The molecule has 0 aromatic heterocycles. The van der Waals surface area contributed by atoms with Crippen LogP contribution in [0.25, 0.3) is 0 Å². The Labute approximate surface area is 97.6 Å². The third kappa shape index (κ3) is 6.36. The summed E-state index contributed by atoms with van der Waals surface area (Å²) in [6.07, 6.45) is 4.08. The molecule has 0 aliphatic carbocycles. The monoisotopic (exact) mass is 220 g/mol. The molecule has 1 aliphatic rings. The molecule has 0 saturated carbocycles. The van der Waals surface area contributed by atoms with Gasteiger partial charge in [-0.15, -0.1) is 0 Å². The van der Waals surface area contributed by atoms with Crippen molar-refractivity contribution < 1.29 is 9.53 Å². The first-order valence-corrected chi connectivity index (χ1v) is 5.90. The van der Waals surface area contributed by atoms with Crippen LogP contribution in [0.15, 0.2) is 30.3 Å².